The van der Waals surface area contributed by atoms with Crippen LogP contribution in [-0.4, -0.2) is 33.0 Å². The van der Waals surface area contributed by atoms with Crippen molar-refractivity contribution in [1.82, 2.24) is 20.6 Å². The van der Waals surface area contributed by atoms with E-state index in [0.717, 1.165) is 12.8 Å². The van der Waals surface area contributed by atoms with Crippen LogP contribution in [0.4, 0.5) is 0 Å². The van der Waals surface area contributed by atoms with E-state index in [4.69, 9.17) is 0 Å². The van der Waals surface area contributed by atoms with Crippen molar-refractivity contribution in [3.8, 4) is 0 Å². The van der Waals surface area contributed by atoms with Gasteiger partial charge in [-0.05, 0) is 58.7 Å². The number of fused-ring (bicyclic) bond motifs is 1. The van der Waals surface area contributed by atoms with Crippen LogP contribution in [0.25, 0.3) is 11.0 Å². The van der Waals surface area contributed by atoms with Gasteiger partial charge in [-0.3, -0.25) is 4.79 Å². The fourth-order valence-corrected chi connectivity index (χ4v) is 3.87. The highest BCUT2D eigenvalue weighted by atomic mass is 16.2. The topological polar surface area (TPSA) is 89.8 Å². The van der Waals surface area contributed by atoms with E-state index >= 15 is 0 Å². The maximum atomic E-state index is 12.6. The molecule has 4 N–H and O–H groups in total. The first-order valence-corrected chi connectivity index (χ1v) is 7.96. The Bertz CT molecular complexity index is 784. The minimum Gasteiger partial charge on any atom is -0.349 e. The molecular formula is C17H24N4O2. The summed E-state index contributed by atoms with van der Waals surface area (Å²) in [5, 5.41) is 6.74. The quantitative estimate of drug-likeness (QED) is 0.682. The summed E-state index contributed by atoms with van der Waals surface area (Å²) in [4.78, 5) is 29.2. The van der Waals surface area contributed by atoms with Crippen molar-refractivity contribution < 1.29 is 4.79 Å². The van der Waals surface area contributed by atoms with Crippen molar-refractivity contribution in [2.45, 2.75) is 57.7 Å². The van der Waals surface area contributed by atoms with Crippen LogP contribution in [0.3, 0.4) is 0 Å². The van der Waals surface area contributed by atoms with Gasteiger partial charge in [0.25, 0.3) is 5.91 Å². The second kappa shape index (κ2) is 5.23. The third kappa shape index (κ3) is 3.47. The van der Waals surface area contributed by atoms with Gasteiger partial charge in [-0.2, -0.15) is 0 Å². The van der Waals surface area contributed by atoms with Crippen LogP contribution in [0.2, 0.25) is 0 Å². The number of carbonyl (C=O) groups excluding carboxylic acids is 1. The van der Waals surface area contributed by atoms with Gasteiger partial charge in [0.05, 0.1) is 11.0 Å². The molecule has 23 heavy (non-hydrogen) atoms. The Morgan fingerprint density at radius 3 is 2.35 bits per heavy atom. The summed E-state index contributed by atoms with van der Waals surface area (Å²) in [6, 6.07) is 5.31. The molecule has 0 bridgehead atoms. The lowest BCUT2D eigenvalue weighted by molar-refractivity contribution is 0.0873. The zero-order valence-electron chi connectivity index (χ0n) is 14.0. The number of piperidine rings is 1. The minimum absolute atomic E-state index is 0.0183. The second-order valence-electron chi connectivity index (χ2n) is 7.81. The number of benzene rings is 1. The maximum Gasteiger partial charge on any atom is 0.323 e. The first kappa shape index (κ1) is 15.8. The molecule has 6 heteroatoms. The van der Waals surface area contributed by atoms with Gasteiger partial charge in [-0.25, -0.2) is 4.79 Å². The normalized spacial score (nSPS) is 20.5. The van der Waals surface area contributed by atoms with Crippen molar-refractivity contribution in [3.05, 3.63) is 34.2 Å². The van der Waals surface area contributed by atoms with Gasteiger partial charge in [-0.1, -0.05) is 0 Å². The highest BCUT2D eigenvalue weighted by Crippen LogP contribution is 2.28. The van der Waals surface area contributed by atoms with E-state index < -0.39 is 0 Å². The molecule has 1 fully saturated rings. The number of imidazole rings is 1. The third-order valence-corrected chi connectivity index (χ3v) is 4.30. The molecule has 6 nitrogen and oxygen atoms in total. The molecule has 0 radical (unpaired) electrons. The van der Waals surface area contributed by atoms with Gasteiger partial charge >= 0.3 is 5.69 Å². The van der Waals surface area contributed by atoms with E-state index in [1.54, 1.807) is 18.2 Å². The molecule has 2 heterocycles. The Morgan fingerprint density at radius 2 is 1.70 bits per heavy atom. The van der Waals surface area contributed by atoms with Gasteiger partial charge in [0, 0.05) is 22.7 Å². The SMILES string of the molecule is CC1(C)CC(NC(=O)c2ccc3[nH]c(=O)[nH]c3c2)CC(C)(C)N1. The van der Waals surface area contributed by atoms with Crippen molar-refractivity contribution in [3.63, 3.8) is 0 Å². The number of hydrogen-bond acceptors (Lipinski definition) is 3. The van der Waals surface area contributed by atoms with Crippen LogP contribution in [0.1, 0.15) is 50.9 Å². The highest BCUT2D eigenvalue weighted by molar-refractivity contribution is 5.97. The molecule has 3 rings (SSSR count). The molecular weight excluding hydrogens is 292 g/mol. The minimum atomic E-state index is -0.264. The standard InChI is InChI=1S/C17H24N4O2/c1-16(2)8-11(9-17(3,4)21-16)18-14(22)10-5-6-12-13(7-10)20-15(23)19-12/h5-7,11,21H,8-9H2,1-4H3,(H,18,22)(H2,19,20,23). The van der Waals surface area contributed by atoms with Crippen molar-refractivity contribution >= 4 is 16.9 Å². The fraction of sp³-hybridized carbons (Fsp3) is 0.529. The summed E-state index contributed by atoms with van der Waals surface area (Å²) in [5.41, 5.74) is 1.61. The largest absolute Gasteiger partial charge is 0.349 e. The maximum absolute atomic E-state index is 12.6. The summed E-state index contributed by atoms with van der Waals surface area (Å²) in [6.07, 6.45) is 1.76. The van der Waals surface area contributed by atoms with Crippen LogP contribution < -0.4 is 16.3 Å². The molecule has 0 atom stereocenters. The van der Waals surface area contributed by atoms with Crippen LogP contribution in [0.15, 0.2) is 23.0 Å². The Balaban J connectivity index is 1.78. The summed E-state index contributed by atoms with van der Waals surface area (Å²) < 4.78 is 0. The average molecular weight is 316 g/mol. The molecule has 0 unspecified atom stereocenters. The average Bonchev–Trinajstić information content (AvgIpc) is 2.73. The lowest BCUT2D eigenvalue weighted by atomic mass is 9.79. The number of carbonyl (C=O) groups is 1. The summed E-state index contributed by atoms with van der Waals surface area (Å²) >= 11 is 0. The van der Waals surface area contributed by atoms with Crippen molar-refractivity contribution in [2.24, 2.45) is 0 Å². The number of H-pyrrole nitrogens is 2. The van der Waals surface area contributed by atoms with Gasteiger partial charge in [0.2, 0.25) is 0 Å². The van der Waals surface area contributed by atoms with E-state index in [1.807, 2.05) is 0 Å². The smallest absolute Gasteiger partial charge is 0.323 e. The molecule has 0 aliphatic carbocycles. The predicted octanol–water partition coefficient (Wildman–Crippen LogP) is 1.90. The molecule has 1 amide bonds. The molecule has 0 spiro atoms. The summed E-state index contributed by atoms with van der Waals surface area (Å²) in [7, 11) is 0. The van der Waals surface area contributed by atoms with Gasteiger partial charge in [-0.15, -0.1) is 0 Å². The van der Waals surface area contributed by atoms with Gasteiger partial charge in [0.1, 0.15) is 0 Å². The van der Waals surface area contributed by atoms with Crippen molar-refractivity contribution in [1.29, 1.82) is 0 Å². The highest BCUT2D eigenvalue weighted by Gasteiger charge is 2.38. The Kier molecular flexibility index (Phi) is 3.59. The molecule has 2 aromatic rings. The van der Waals surface area contributed by atoms with Crippen LogP contribution >= 0.6 is 0 Å². The number of hydrogen-bond donors (Lipinski definition) is 4. The van der Waals surface area contributed by atoms with Crippen molar-refractivity contribution in [2.75, 3.05) is 0 Å². The molecule has 1 aromatic carbocycles. The molecule has 1 aromatic heterocycles. The monoisotopic (exact) mass is 316 g/mol. The van der Waals surface area contributed by atoms with E-state index in [1.165, 1.54) is 0 Å². The summed E-state index contributed by atoms with van der Waals surface area (Å²) in [6.45, 7) is 8.63. The Morgan fingerprint density at radius 1 is 1.09 bits per heavy atom. The zero-order valence-corrected chi connectivity index (χ0v) is 14.0. The van der Waals surface area contributed by atoms with Gasteiger partial charge in [0.15, 0.2) is 0 Å². The number of aromatic nitrogens is 2. The number of rotatable bonds is 2. The first-order valence-electron chi connectivity index (χ1n) is 7.96. The number of aromatic amines is 2. The lowest BCUT2D eigenvalue weighted by Gasteiger charge is -2.46. The van der Waals surface area contributed by atoms with Crippen LogP contribution in [0, 0.1) is 0 Å². The Hall–Kier alpha value is -2.08. The van der Waals surface area contributed by atoms with Crippen LogP contribution in [-0.2, 0) is 0 Å². The zero-order chi connectivity index (χ0) is 16.8. The van der Waals surface area contributed by atoms with E-state index in [-0.39, 0.29) is 28.7 Å². The Labute approximate surface area is 135 Å². The molecule has 0 saturated carbocycles. The molecule has 1 aliphatic rings. The molecule has 1 aliphatic heterocycles. The molecule has 124 valence electrons. The number of amides is 1. The van der Waals surface area contributed by atoms with E-state index in [0.29, 0.717) is 16.6 Å². The fourth-order valence-electron chi connectivity index (χ4n) is 3.87. The first-order chi connectivity index (χ1) is 10.6. The predicted molar refractivity (Wildman–Crippen MR) is 90.7 cm³/mol. The van der Waals surface area contributed by atoms with Crippen LogP contribution in [0.5, 0.6) is 0 Å². The molecule has 1 saturated heterocycles. The van der Waals surface area contributed by atoms with Gasteiger partial charge < -0.3 is 20.6 Å². The summed E-state index contributed by atoms with van der Waals surface area (Å²) in [5.74, 6) is -0.104. The number of nitrogens with one attached hydrogen (secondary N) is 4. The lowest BCUT2D eigenvalue weighted by Crippen LogP contribution is -2.62. The second-order valence-corrected chi connectivity index (χ2v) is 7.81. The van der Waals surface area contributed by atoms with E-state index in [2.05, 4.69) is 48.3 Å². The van der Waals surface area contributed by atoms with E-state index in [9.17, 15) is 9.59 Å². The third-order valence-electron chi connectivity index (χ3n) is 4.30.